The summed E-state index contributed by atoms with van der Waals surface area (Å²) >= 11 is 0. The minimum Gasteiger partial charge on any atom is -0.394 e. The molecule has 0 radical (unpaired) electrons. The Labute approximate surface area is 186 Å². The van der Waals surface area contributed by atoms with Gasteiger partial charge in [0.1, 0.15) is 6.10 Å². The van der Waals surface area contributed by atoms with Gasteiger partial charge in [0, 0.05) is 13.2 Å². The van der Waals surface area contributed by atoms with Crippen molar-refractivity contribution in [2.24, 2.45) is 0 Å². The normalized spacial score (nSPS) is 13.6. The van der Waals surface area contributed by atoms with Crippen LogP contribution in [0.5, 0.6) is 0 Å². The lowest BCUT2D eigenvalue weighted by Gasteiger charge is -2.16. The third kappa shape index (κ3) is 22.5. The van der Waals surface area contributed by atoms with E-state index < -0.39 is 6.10 Å². The first-order chi connectivity index (χ1) is 14.7. The van der Waals surface area contributed by atoms with E-state index in [0.29, 0.717) is 19.6 Å². The molecule has 2 atom stereocenters. The summed E-state index contributed by atoms with van der Waals surface area (Å²) in [6, 6.07) is 0. The van der Waals surface area contributed by atoms with Crippen LogP contribution in [0.1, 0.15) is 116 Å². The van der Waals surface area contributed by atoms with E-state index in [1.54, 1.807) is 0 Å². The van der Waals surface area contributed by atoms with Crippen molar-refractivity contribution in [1.82, 2.24) is 0 Å². The summed E-state index contributed by atoms with van der Waals surface area (Å²) in [5, 5.41) is 27.4. The van der Waals surface area contributed by atoms with Crippen LogP contribution in [0.3, 0.4) is 0 Å². The average molecular weight is 433 g/mol. The topological polar surface area (TPSA) is 79.2 Å². The number of hydrogen-bond acceptors (Lipinski definition) is 5. The summed E-state index contributed by atoms with van der Waals surface area (Å²) in [7, 11) is 0. The molecule has 0 aromatic carbocycles. The molecule has 2 unspecified atom stereocenters. The maximum Gasteiger partial charge on any atom is 0.104 e. The monoisotopic (exact) mass is 432 g/mol. The molecule has 0 fully saturated rings. The van der Waals surface area contributed by atoms with Crippen LogP contribution in [0.2, 0.25) is 0 Å². The summed E-state index contributed by atoms with van der Waals surface area (Å²) in [5.74, 6) is 0. The predicted octanol–water partition coefficient (Wildman–Crippen LogP) is 5.39. The number of aliphatic hydroxyl groups is 3. The second-order valence-corrected chi connectivity index (χ2v) is 8.68. The highest BCUT2D eigenvalue weighted by Crippen LogP contribution is 2.13. The Morgan fingerprint density at radius 2 is 1.10 bits per heavy atom. The van der Waals surface area contributed by atoms with Crippen LogP contribution in [-0.4, -0.2) is 60.6 Å². The summed E-state index contributed by atoms with van der Waals surface area (Å²) < 4.78 is 11.3. The van der Waals surface area contributed by atoms with Gasteiger partial charge in [-0.25, -0.2) is 0 Å². The van der Waals surface area contributed by atoms with Gasteiger partial charge in [-0.15, -0.1) is 0 Å². The van der Waals surface area contributed by atoms with Crippen LogP contribution in [0.4, 0.5) is 0 Å². The molecule has 3 N–H and O–H groups in total. The van der Waals surface area contributed by atoms with Crippen LogP contribution >= 0.6 is 0 Å². The molecular weight excluding hydrogens is 380 g/mol. The first kappa shape index (κ1) is 29.8. The van der Waals surface area contributed by atoms with Crippen LogP contribution < -0.4 is 0 Å². The largest absolute Gasteiger partial charge is 0.394 e. The molecule has 0 aromatic heterocycles. The third-order valence-corrected chi connectivity index (χ3v) is 5.65. The Kier molecular flexibility index (Phi) is 24.9. The van der Waals surface area contributed by atoms with Gasteiger partial charge in [-0.3, -0.25) is 0 Å². The number of hydrogen-bond donors (Lipinski definition) is 3. The maximum absolute atomic E-state index is 9.36. The molecule has 30 heavy (non-hydrogen) atoms. The van der Waals surface area contributed by atoms with E-state index in [1.807, 2.05) is 0 Å². The van der Waals surface area contributed by atoms with Gasteiger partial charge in [0.2, 0.25) is 0 Å². The molecule has 0 heterocycles. The highest BCUT2D eigenvalue weighted by atomic mass is 16.5. The molecule has 0 amide bonds. The molecule has 0 spiro atoms. The number of ether oxygens (including phenoxy) is 2. The van der Waals surface area contributed by atoms with E-state index in [1.165, 1.54) is 83.5 Å². The first-order valence-electron chi connectivity index (χ1n) is 12.8. The lowest BCUT2D eigenvalue weighted by molar-refractivity contribution is -0.0443. The SMILES string of the molecule is CCCCCCCCCCCCCCCCOCC(CO)OCCCCC(O)CO. The van der Waals surface area contributed by atoms with Crippen LogP contribution in [0.15, 0.2) is 0 Å². The molecule has 0 saturated carbocycles. The van der Waals surface area contributed by atoms with Crippen molar-refractivity contribution in [2.75, 3.05) is 33.0 Å². The lowest BCUT2D eigenvalue weighted by atomic mass is 10.0. The van der Waals surface area contributed by atoms with Crippen molar-refractivity contribution in [3.63, 3.8) is 0 Å². The highest BCUT2D eigenvalue weighted by Gasteiger charge is 2.08. The summed E-state index contributed by atoms with van der Waals surface area (Å²) in [5.41, 5.74) is 0. The molecule has 0 saturated heterocycles. The fourth-order valence-corrected chi connectivity index (χ4v) is 3.59. The fourth-order valence-electron chi connectivity index (χ4n) is 3.59. The van der Waals surface area contributed by atoms with Crippen molar-refractivity contribution in [3.05, 3.63) is 0 Å². The molecule has 0 aliphatic carbocycles. The van der Waals surface area contributed by atoms with Crippen molar-refractivity contribution in [3.8, 4) is 0 Å². The predicted molar refractivity (Wildman–Crippen MR) is 125 cm³/mol. The van der Waals surface area contributed by atoms with Gasteiger partial charge in [-0.2, -0.15) is 0 Å². The highest BCUT2D eigenvalue weighted by molar-refractivity contribution is 4.56. The minimum absolute atomic E-state index is 0.0298. The van der Waals surface area contributed by atoms with Gasteiger partial charge in [0.15, 0.2) is 0 Å². The second kappa shape index (κ2) is 25.1. The van der Waals surface area contributed by atoms with Crippen molar-refractivity contribution >= 4 is 0 Å². The van der Waals surface area contributed by atoms with Gasteiger partial charge in [-0.05, 0) is 25.7 Å². The maximum atomic E-state index is 9.36. The quantitative estimate of drug-likeness (QED) is 0.169. The summed E-state index contributed by atoms with van der Waals surface area (Å²) in [4.78, 5) is 0. The Morgan fingerprint density at radius 1 is 0.600 bits per heavy atom. The fraction of sp³-hybridized carbons (Fsp3) is 1.00. The van der Waals surface area contributed by atoms with E-state index >= 15 is 0 Å². The molecule has 0 rings (SSSR count). The van der Waals surface area contributed by atoms with Crippen LogP contribution in [-0.2, 0) is 9.47 Å². The first-order valence-corrected chi connectivity index (χ1v) is 12.8. The molecule has 0 bridgehead atoms. The Hall–Kier alpha value is -0.200. The van der Waals surface area contributed by atoms with Gasteiger partial charge >= 0.3 is 0 Å². The van der Waals surface area contributed by atoms with Crippen molar-refractivity contribution < 1.29 is 24.8 Å². The molecule has 0 aromatic rings. The van der Waals surface area contributed by atoms with Gasteiger partial charge in [0.25, 0.3) is 0 Å². The summed E-state index contributed by atoms with van der Waals surface area (Å²) in [6.45, 7) is 3.78. The molecular formula is C25H52O5. The zero-order valence-corrected chi connectivity index (χ0v) is 19.9. The standard InChI is InChI=1S/C25H52O5/c1-2-3-4-5-6-7-8-9-10-11-12-13-14-16-19-29-23-25(22-27)30-20-17-15-18-24(28)21-26/h24-28H,2-23H2,1H3. The number of aliphatic hydroxyl groups excluding tert-OH is 3. The second-order valence-electron chi connectivity index (χ2n) is 8.68. The molecule has 5 nitrogen and oxygen atoms in total. The van der Waals surface area contributed by atoms with E-state index in [-0.39, 0.29) is 19.3 Å². The van der Waals surface area contributed by atoms with Gasteiger partial charge < -0.3 is 24.8 Å². The molecule has 182 valence electrons. The Morgan fingerprint density at radius 3 is 1.60 bits per heavy atom. The Balaban J connectivity index is 3.26. The van der Waals surface area contributed by atoms with Crippen LogP contribution in [0, 0.1) is 0 Å². The van der Waals surface area contributed by atoms with E-state index in [0.717, 1.165) is 25.9 Å². The average Bonchev–Trinajstić information content (AvgIpc) is 2.76. The van der Waals surface area contributed by atoms with Gasteiger partial charge in [0.05, 0.1) is 25.9 Å². The zero-order chi connectivity index (χ0) is 22.1. The van der Waals surface area contributed by atoms with E-state index in [2.05, 4.69) is 6.92 Å². The van der Waals surface area contributed by atoms with Crippen molar-refractivity contribution in [1.29, 1.82) is 0 Å². The Bertz CT molecular complexity index is 314. The minimum atomic E-state index is -0.632. The van der Waals surface area contributed by atoms with E-state index in [9.17, 15) is 10.2 Å². The zero-order valence-electron chi connectivity index (χ0n) is 19.9. The van der Waals surface area contributed by atoms with Crippen molar-refractivity contribution in [2.45, 2.75) is 128 Å². The smallest absolute Gasteiger partial charge is 0.104 e. The van der Waals surface area contributed by atoms with Gasteiger partial charge in [-0.1, -0.05) is 90.4 Å². The molecule has 5 heteroatoms. The summed E-state index contributed by atoms with van der Waals surface area (Å²) in [6.07, 6.45) is 20.2. The number of rotatable bonds is 25. The lowest BCUT2D eigenvalue weighted by Crippen LogP contribution is -2.25. The van der Waals surface area contributed by atoms with Crippen LogP contribution in [0.25, 0.3) is 0 Å². The third-order valence-electron chi connectivity index (χ3n) is 5.65. The molecule has 0 aliphatic rings. The molecule has 0 aliphatic heterocycles. The van der Waals surface area contributed by atoms with E-state index in [4.69, 9.17) is 14.6 Å². The number of unbranched alkanes of at least 4 members (excludes halogenated alkanes) is 14.